The summed E-state index contributed by atoms with van der Waals surface area (Å²) in [6.45, 7) is 3.32. The number of hydrogen-bond donors (Lipinski definition) is 3. The Bertz CT molecular complexity index is 1620. The molecule has 13 heteroatoms. The normalized spacial score (nSPS) is 14.3. The van der Waals surface area contributed by atoms with Crippen LogP contribution in [-0.4, -0.2) is 51.6 Å². The van der Waals surface area contributed by atoms with Crippen molar-refractivity contribution in [3.63, 3.8) is 0 Å². The number of hydrazone groups is 1. The number of amides is 3. The van der Waals surface area contributed by atoms with E-state index in [0.29, 0.717) is 33.3 Å². The molecule has 0 fully saturated rings. The third-order valence-corrected chi connectivity index (χ3v) is 6.97. The Kier molecular flexibility index (Phi) is 11.2. The van der Waals surface area contributed by atoms with E-state index < -0.39 is 23.9 Å². The highest BCUT2D eigenvalue weighted by molar-refractivity contribution is 6.31. The Labute approximate surface area is 265 Å². The molecule has 4 rings (SSSR count). The summed E-state index contributed by atoms with van der Waals surface area (Å²) in [5, 5.41) is 9.94. The number of ether oxygens (including phenoxy) is 5. The number of rotatable bonds is 13. The molecule has 0 bridgehead atoms. The van der Waals surface area contributed by atoms with Crippen molar-refractivity contribution in [2.45, 2.75) is 26.5 Å². The highest BCUT2D eigenvalue weighted by Crippen LogP contribution is 2.35. The molecule has 1 aliphatic rings. The summed E-state index contributed by atoms with van der Waals surface area (Å²) in [6.07, 6.45) is 1.43. The van der Waals surface area contributed by atoms with Crippen LogP contribution >= 0.6 is 11.6 Å². The van der Waals surface area contributed by atoms with Crippen molar-refractivity contribution in [2.75, 3.05) is 27.4 Å². The molecule has 3 aromatic carbocycles. The van der Waals surface area contributed by atoms with Crippen molar-refractivity contribution in [3.8, 4) is 23.0 Å². The minimum atomic E-state index is -0.784. The number of urea groups is 1. The number of hydrogen-bond acceptors (Lipinski definition) is 9. The summed E-state index contributed by atoms with van der Waals surface area (Å²) in [5.41, 5.74) is 4.99. The fourth-order valence-electron chi connectivity index (χ4n) is 4.47. The molecule has 3 amide bonds. The average molecular weight is 637 g/mol. The maximum atomic E-state index is 12.6. The zero-order valence-electron chi connectivity index (χ0n) is 25.1. The number of nitrogens with zero attached hydrogens (tertiary/aromatic N) is 1. The minimum Gasteiger partial charge on any atom is -0.493 e. The molecular weight excluding hydrogens is 604 g/mol. The number of allylic oxidation sites excluding steroid dienone is 1. The van der Waals surface area contributed by atoms with Crippen molar-refractivity contribution in [2.24, 2.45) is 5.10 Å². The molecule has 3 N–H and O–H groups in total. The first-order valence-electron chi connectivity index (χ1n) is 13.9. The first-order chi connectivity index (χ1) is 21.7. The Morgan fingerprint density at radius 3 is 2.51 bits per heavy atom. The number of para-hydroxylation sites is 1. The van der Waals surface area contributed by atoms with Crippen LogP contribution in [0.4, 0.5) is 4.79 Å². The zero-order valence-corrected chi connectivity index (χ0v) is 25.9. The van der Waals surface area contributed by atoms with Gasteiger partial charge in [0, 0.05) is 21.8 Å². The van der Waals surface area contributed by atoms with Gasteiger partial charge < -0.3 is 34.3 Å². The molecule has 0 aromatic heterocycles. The average Bonchev–Trinajstić information content (AvgIpc) is 3.03. The van der Waals surface area contributed by atoms with Crippen LogP contribution in [0.2, 0.25) is 5.02 Å². The molecule has 236 valence electrons. The monoisotopic (exact) mass is 636 g/mol. The molecule has 12 nitrogen and oxygen atoms in total. The van der Waals surface area contributed by atoms with Crippen LogP contribution in [0, 0.1) is 0 Å². The lowest BCUT2D eigenvalue weighted by atomic mass is 9.95. The number of methoxy groups -OCH3 is 2. The van der Waals surface area contributed by atoms with Gasteiger partial charge in [0.1, 0.15) is 6.61 Å². The van der Waals surface area contributed by atoms with Gasteiger partial charge in [-0.25, -0.2) is 15.0 Å². The van der Waals surface area contributed by atoms with Crippen LogP contribution in [-0.2, 0) is 20.9 Å². The summed E-state index contributed by atoms with van der Waals surface area (Å²) in [4.78, 5) is 37.4. The molecule has 0 saturated carbocycles. The number of carbonyl (C=O) groups is 3. The number of nitrogens with one attached hydrogen (secondary N) is 3. The van der Waals surface area contributed by atoms with Gasteiger partial charge in [0.05, 0.1) is 38.7 Å². The SMILES string of the molecule is CCOC(=O)C1=C(C)NC(=O)N[C@@H]1c1ccc(OCC(=O)N/N=C/c2cccc(OC)c2OCc2ccccc2Cl)c(OC)c1. The number of benzene rings is 3. The molecule has 1 aliphatic heterocycles. The molecule has 45 heavy (non-hydrogen) atoms. The lowest BCUT2D eigenvalue weighted by Gasteiger charge is -2.28. The Morgan fingerprint density at radius 2 is 1.78 bits per heavy atom. The first-order valence-corrected chi connectivity index (χ1v) is 14.2. The summed E-state index contributed by atoms with van der Waals surface area (Å²) < 4.78 is 27.8. The van der Waals surface area contributed by atoms with Crippen LogP contribution in [0.5, 0.6) is 23.0 Å². The first kappa shape index (κ1) is 32.7. The second kappa shape index (κ2) is 15.5. The molecule has 0 unspecified atom stereocenters. The van der Waals surface area contributed by atoms with Gasteiger partial charge in [0.2, 0.25) is 0 Å². The standard InChI is InChI=1S/C32H33ClN4O8/c1-5-43-31(39)28-19(2)35-32(40)36-29(28)20-13-14-24(26(15-20)42-4)44-18-27(38)37-34-16-21-10-8-12-25(41-3)30(21)45-17-22-9-6-7-11-23(22)33/h6-16,29H,5,17-18H2,1-4H3,(H,37,38)(H2,35,36,40)/b34-16+/t29-/m1/s1. The van der Waals surface area contributed by atoms with E-state index >= 15 is 0 Å². The van der Waals surface area contributed by atoms with E-state index in [-0.39, 0.29) is 36.9 Å². The van der Waals surface area contributed by atoms with Crippen LogP contribution < -0.4 is 35.0 Å². The van der Waals surface area contributed by atoms with E-state index in [2.05, 4.69) is 21.2 Å². The van der Waals surface area contributed by atoms with Crippen molar-refractivity contribution in [1.29, 1.82) is 0 Å². The molecule has 1 heterocycles. The molecule has 0 spiro atoms. The predicted molar refractivity (Wildman–Crippen MR) is 167 cm³/mol. The van der Waals surface area contributed by atoms with E-state index in [9.17, 15) is 14.4 Å². The van der Waals surface area contributed by atoms with Gasteiger partial charge >= 0.3 is 12.0 Å². The Balaban J connectivity index is 1.41. The number of halogens is 1. The molecular formula is C32H33ClN4O8. The summed E-state index contributed by atoms with van der Waals surface area (Å²) in [5.74, 6) is 0.376. The van der Waals surface area contributed by atoms with Gasteiger partial charge in [-0.3, -0.25) is 4.79 Å². The number of carbonyl (C=O) groups excluding carboxylic acids is 3. The third kappa shape index (κ3) is 8.24. The maximum Gasteiger partial charge on any atom is 0.338 e. The molecule has 0 saturated heterocycles. The van der Waals surface area contributed by atoms with Gasteiger partial charge in [-0.2, -0.15) is 5.10 Å². The highest BCUT2D eigenvalue weighted by Gasteiger charge is 2.32. The summed E-state index contributed by atoms with van der Waals surface area (Å²) >= 11 is 6.26. The fraction of sp³-hybridized carbons (Fsp3) is 0.250. The van der Waals surface area contributed by atoms with Gasteiger partial charge in [0.15, 0.2) is 29.6 Å². The van der Waals surface area contributed by atoms with E-state index in [1.807, 2.05) is 18.2 Å². The molecule has 3 aromatic rings. The maximum absolute atomic E-state index is 12.6. The van der Waals surface area contributed by atoms with E-state index in [1.54, 1.807) is 56.3 Å². The highest BCUT2D eigenvalue weighted by atomic mass is 35.5. The summed E-state index contributed by atoms with van der Waals surface area (Å²) in [6, 6.07) is 16.2. The third-order valence-electron chi connectivity index (χ3n) is 6.60. The Morgan fingerprint density at radius 1 is 1.00 bits per heavy atom. The van der Waals surface area contributed by atoms with Gasteiger partial charge in [-0.05, 0) is 49.7 Å². The van der Waals surface area contributed by atoms with Crippen LogP contribution in [0.1, 0.15) is 36.6 Å². The molecule has 0 radical (unpaired) electrons. The largest absolute Gasteiger partial charge is 0.493 e. The molecule has 1 atom stereocenters. The zero-order chi connectivity index (χ0) is 32.3. The second-order valence-electron chi connectivity index (χ2n) is 9.54. The number of esters is 1. The lowest BCUT2D eigenvalue weighted by molar-refractivity contribution is -0.139. The van der Waals surface area contributed by atoms with Crippen LogP contribution in [0.25, 0.3) is 0 Å². The minimum absolute atomic E-state index is 0.177. The van der Waals surface area contributed by atoms with Gasteiger partial charge in [-0.15, -0.1) is 0 Å². The van der Waals surface area contributed by atoms with E-state index in [0.717, 1.165) is 5.56 Å². The van der Waals surface area contributed by atoms with Crippen LogP contribution in [0.15, 0.2) is 77.0 Å². The van der Waals surface area contributed by atoms with E-state index in [1.165, 1.54) is 20.4 Å². The Hall–Kier alpha value is -5.23. The second-order valence-corrected chi connectivity index (χ2v) is 9.95. The smallest absolute Gasteiger partial charge is 0.338 e. The van der Waals surface area contributed by atoms with Crippen molar-refractivity contribution in [3.05, 3.63) is 93.6 Å². The topological polar surface area (TPSA) is 146 Å². The van der Waals surface area contributed by atoms with Gasteiger partial charge in [-0.1, -0.05) is 41.9 Å². The van der Waals surface area contributed by atoms with Crippen molar-refractivity contribution >= 4 is 35.7 Å². The predicted octanol–water partition coefficient (Wildman–Crippen LogP) is 4.66. The lowest BCUT2D eigenvalue weighted by Crippen LogP contribution is -2.45. The molecule has 0 aliphatic carbocycles. The van der Waals surface area contributed by atoms with E-state index in [4.69, 9.17) is 35.3 Å². The van der Waals surface area contributed by atoms with Crippen LogP contribution in [0.3, 0.4) is 0 Å². The fourth-order valence-corrected chi connectivity index (χ4v) is 4.66. The van der Waals surface area contributed by atoms with Crippen molar-refractivity contribution < 1.29 is 38.1 Å². The quantitative estimate of drug-likeness (QED) is 0.140. The summed E-state index contributed by atoms with van der Waals surface area (Å²) in [7, 11) is 2.96. The van der Waals surface area contributed by atoms with Gasteiger partial charge in [0.25, 0.3) is 5.91 Å². The van der Waals surface area contributed by atoms with Crippen molar-refractivity contribution in [1.82, 2.24) is 16.1 Å².